The minimum Gasteiger partial charge on any atom is -0.467 e. The zero-order chi connectivity index (χ0) is 17.4. The van der Waals surface area contributed by atoms with E-state index in [1.54, 1.807) is 6.92 Å². The molecule has 0 aliphatic heterocycles. The van der Waals surface area contributed by atoms with Gasteiger partial charge >= 0.3 is 12.1 Å². The number of benzene rings is 2. The second kappa shape index (κ2) is 8.98. The van der Waals surface area contributed by atoms with Crippen molar-refractivity contribution in [3.05, 3.63) is 66.2 Å². The minimum atomic E-state index is -0.775. The van der Waals surface area contributed by atoms with E-state index in [0.717, 1.165) is 22.4 Å². The Morgan fingerprint density at radius 3 is 2.21 bits per heavy atom. The molecule has 0 saturated heterocycles. The van der Waals surface area contributed by atoms with Gasteiger partial charge in [-0.1, -0.05) is 48.5 Å². The van der Waals surface area contributed by atoms with Crippen molar-refractivity contribution in [3.63, 3.8) is 0 Å². The number of rotatable bonds is 6. The molecule has 0 unspecified atom stereocenters. The summed E-state index contributed by atoms with van der Waals surface area (Å²) in [6, 6.07) is 17.9. The smallest absolute Gasteiger partial charge is 0.421 e. The number of carbonyl (C=O) groups excluding carboxylic acids is 2. The van der Waals surface area contributed by atoms with Gasteiger partial charge in [0.25, 0.3) is 0 Å². The Labute approximate surface area is 145 Å². The minimum absolute atomic E-state index is 0.138. The van der Waals surface area contributed by atoms with Crippen molar-refractivity contribution < 1.29 is 19.1 Å². The van der Waals surface area contributed by atoms with Crippen molar-refractivity contribution in [2.24, 2.45) is 0 Å². The fourth-order valence-electron chi connectivity index (χ4n) is 1.92. The van der Waals surface area contributed by atoms with Crippen LogP contribution in [0.3, 0.4) is 0 Å². The Kier molecular flexibility index (Phi) is 6.69. The number of methoxy groups -OCH3 is 1. The largest absolute Gasteiger partial charge is 0.467 e. The van der Waals surface area contributed by atoms with Crippen molar-refractivity contribution >= 4 is 24.0 Å². The first-order valence-electron chi connectivity index (χ1n) is 7.42. The molecular weight excluding hydrogens is 326 g/mol. The number of ether oxygens (including phenoxy) is 2. The van der Waals surface area contributed by atoms with Crippen LogP contribution >= 0.6 is 11.9 Å². The average Bonchev–Trinajstić information content (AvgIpc) is 2.64. The molecule has 6 heteroatoms. The van der Waals surface area contributed by atoms with Crippen molar-refractivity contribution in [1.82, 2.24) is 4.31 Å². The van der Waals surface area contributed by atoms with E-state index in [-0.39, 0.29) is 6.61 Å². The molecular formula is C18H19NO4S. The SMILES string of the molecule is COC(=O)[C@H](C)N(Sc1ccccc1)C(=O)OCc1ccccc1. The number of hydrogen-bond acceptors (Lipinski definition) is 5. The molecule has 0 fully saturated rings. The number of hydrogen-bond donors (Lipinski definition) is 0. The molecule has 0 saturated carbocycles. The van der Waals surface area contributed by atoms with Gasteiger partial charge in [-0.25, -0.2) is 13.9 Å². The summed E-state index contributed by atoms with van der Waals surface area (Å²) in [5, 5.41) is 0. The molecule has 1 atom stereocenters. The van der Waals surface area contributed by atoms with Gasteiger partial charge in [-0.3, -0.25) is 0 Å². The van der Waals surface area contributed by atoms with E-state index in [9.17, 15) is 9.59 Å². The molecule has 2 aromatic carbocycles. The number of nitrogens with zero attached hydrogens (tertiary/aromatic N) is 1. The molecule has 5 nitrogen and oxygen atoms in total. The van der Waals surface area contributed by atoms with Crippen LogP contribution in [0.5, 0.6) is 0 Å². The second-order valence-electron chi connectivity index (χ2n) is 4.97. The van der Waals surface area contributed by atoms with Crippen LogP contribution in [0.4, 0.5) is 4.79 Å². The molecule has 126 valence electrons. The first-order chi connectivity index (χ1) is 11.6. The summed E-state index contributed by atoms with van der Waals surface area (Å²) >= 11 is 1.14. The van der Waals surface area contributed by atoms with E-state index >= 15 is 0 Å². The van der Waals surface area contributed by atoms with Crippen molar-refractivity contribution in [2.75, 3.05) is 7.11 Å². The molecule has 2 rings (SSSR count). The number of amides is 1. The highest BCUT2D eigenvalue weighted by molar-refractivity contribution is 7.97. The van der Waals surface area contributed by atoms with Gasteiger partial charge in [0, 0.05) is 4.90 Å². The molecule has 2 aromatic rings. The molecule has 24 heavy (non-hydrogen) atoms. The molecule has 0 aliphatic carbocycles. The van der Waals surface area contributed by atoms with Gasteiger partial charge in [0.15, 0.2) is 0 Å². The third-order valence-electron chi connectivity index (χ3n) is 3.23. The Morgan fingerprint density at radius 1 is 1.04 bits per heavy atom. The number of carbonyl (C=O) groups is 2. The highest BCUT2D eigenvalue weighted by Gasteiger charge is 2.29. The van der Waals surface area contributed by atoms with Crippen LogP contribution in [-0.4, -0.2) is 29.5 Å². The fraction of sp³-hybridized carbons (Fsp3) is 0.222. The van der Waals surface area contributed by atoms with Crippen LogP contribution in [0.1, 0.15) is 12.5 Å². The summed E-state index contributed by atoms with van der Waals surface area (Å²) in [6.07, 6.45) is -0.592. The van der Waals surface area contributed by atoms with E-state index in [1.807, 2.05) is 60.7 Å². The van der Waals surface area contributed by atoms with E-state index < -0.39 is 18.1 Å². The van der Waals surface area contributed by atoms with Crippen LogP contribution in [0.15, 0.2) is 65.6 Å². The quantitative estimate of drug-likeness (QED) is 0.587. The Balaban J connectivity index is 2.08. The third kappa shape index (κ3) is 5.03. The first kappa shape index (κ1) is 17.9. The highest BCUT2D eigenvalue weighted by atomic mass is 32.2. The predicted molar refractivity (Wildman–Crippen MR) is 92.2 cm³/mol. The molecule has 0 bridgehead atoms. The van der Waals surface area contributed by atoms with Crippen molar-refractivity contribution in [2.45, 2.75) is 24.5 Å². The lowest BCUT2D eigenvalue weighted by Crippen LogP contribution is -2.39. The van der Waals surface area contributed by atoms with Gasteiger partial charge in [-0.2, -0.15) is 0 Å². The maximum Gasteiger partial charge on any atom is 0.421 e. The Morgan fingerprint density at radius 2 is 1.62 bits per heavy atom. The summed E-state index contributed by atoms with van der Waals surface area (Å²) in [5.41, 5.74) is 0.876. The van der Waals surface area contributed by atoms with E-state index in [4.69, 9.17) is 9.47 Å². The van der Waals surface area contributed by atoms with Crippen LogP contribution in [0.25, 0.3) is 0 Å². The van der Waals surface area contributed by atoms with Crippen LogP contribution < -0.4 is 0 Å². The van der Waals surface area contributed by atoms with Gasteiger partial charge in [-0.15, -0.1) is 0 Å². The highest BCUT2D eigenvalue weighted by Crippen LogP contribution is 2.26. The van der Waals surface area contributed by atoms with Gasteiger partial charge in [0.1, 0.15) is 12.6 Å². The Bertz CT molecular complexity index is 663. The van der Waals surface area contributed by atoms with E-state index in [2.05, 4.69) is 0 Å². The fourth-order valence-corrected chi connectivity index (χ4v) is 2.80. The molecule has 0 aliphatic rings. The molecule has 0 N–H and O–H groups in total. The lowest BCUT2D eigenvalue weighted by Gasteiger charge is -2.25. The predicted octanol–water partition coefficient (Wildman–Crippen LogP) is 3.89. The van der Waals surface area contributed by atoms with Crippen LogP contribution in [0.2, 0.25) is 0 Å². The maximum atomic E-state index is 12.5. The van der Waals surface area contributed by atoms with Gasteiger partial charge < -0.3 is 9.47 Å². The average molecular weight is 345 g/mol. The monoisotopic (exact) mass is 345 g/mol. The lowest BCUT2D eigenvalue weighted by atomic mass is 10.2. The molecule has 0 aromatic heterocycles. The summed E-state index contributed by atoms with van der Waals surface area (Å²) in [6.45, 7) is 1.74. The van der Waals surface area contributed by atoms with Crippen LogP contribution in [-0.2, 0) is 20.9 Å². The van der Waals surface area contributed by atoms with Crippen molar-refractivity contribution in [1.29, 1.82) is 0 Å². The summed E-state index contributed by atoms with van der Waals surface area (Å²) < 4.78 is 11.4. The van der Waals surface area contributed by atoms with E-state index in [0.29, 0.717) is 0 Å². The normalized spacial score (nSPS) is 11.4. The summed E-state index contributed by atoms with van der Waals surface area (Å²) in [7, 11) is 1.29. The lowest BCUT2D eigenvalue weighted by molar-refractivity contribution is -0.144. The third-order valence-corrected chi connectivity index (χ3v) is 4.37. The maximum absolute atomic E-state index is 12.5. The zero-order valence-electron chi connectivity index (χ0n) is 13.5. The van der Waals surface area contributed by atoms with Crippen molar-refractivity contribution in [3.8, 4) is 0 Å². The molecule has 0 radical (unpaired) electrons. The van der Waals surface area contributed by atoms with Crippen LogP contribution in [0, 0.1) is 0 Å². The van der Waals surface area contributed by atoms with Gasteiger partial charge in [0.2, 0.25) is 0 Å². The molecule has 1 amide bonds. The molecule has 0 spiro atoms. The summed E-state index contributed by atoms with van der Waals surface area (Å²) in [5.74, 6) is -0.505. The first-order valence-corrected chi connectivity index (χ1v) is 8.20. The second-order valence-corrected chi connectivity index (χ2v) is 6.02. The zero-order valence-corrected chi connectivity index (χ0v) is 14.4. The topological polar surface area (TPSA) is 55.8 Å². The molecule has 0 heterocycles. The summed E-state index contributed by atoms with van der Waals surface area (Å²) in [4.78, 5) is 25.1. The van der Waals surface area contributed by atoms with E-state index in [1.165, 1.54) is 11.4 Å². The standard InChI is InChI=1S/C18H19NO4S/c1-14(17(20)22-2)19(24-16-11-7-4-8-12-16)18(21)23-13-15-9-5-3-6-10-15/h3-12,14H,13H2,1-2H3/t14-/m0/s1. The van der Waals surface area contributed by atoms with Gasteiger partial charge in [0.05, 0.1) is 7.11 Å². The van der Waals surface area contributed by atoms with Gasteiger partial charge in [-0.05, 0) is 36.6 Å². The Hall–Kier alpha value is -2.47. The number of esters is 1.